The average molecular weight is 465 g/mol. The van der Waals surface area contributed by atoms with Crippen molar-refractivity contribution in [1.29, 1.82) is 0 Å². The van der Waals surface area contributed by atoms with E-state index in [0.29, 0.717) is 25.2 Å². The van der Waals surface area contributed by atoms with Gasteiger partial charge in [0.2, 0.25) is 21.8 Å². The summed E-state index contributed by atoms with van der Waals surface area (Å²) in [4.78, 5) is 28.0. The minimum absolute atomic E-state index is 0.0709. The summed E-state index contributed by atoms with van der Waals surface area (Å²) in [6.07, 6.45) is 0.586. The number of hydrogen-bond acceptors (Lipinski definition) is 7. The number of nitrogens with zero attached hydrogens (tertiary/aromatic N) is 3. The molecule has 9 nitrogen and oxygen atoms in total. The second kappa shape index (κ2) is 8.64. The Morgan fingerprint density at radius 2 is 2.00 bits per heavy atom. The number of sulfonamides is 1. The number of fused-ring (bicyclic) bond motifs is 1. The van der Waals surface area contributed by atoms with E-state index in [1.54, 1.807) is 18.7 Å². The van der Waals surface area contributed by atoms with Crippen LogP contribution < -0.4 is 5.32 Å². The van der Waals surface area contributed by atoms with Gasteiger partial charge in [-0.1, -0.05) is 17.3 Å². The lowest BCUT2D eigenvalue weighted by Crippen LogP contribution is -2.40. The zero-order valence-electron chi connectivity index (χ0n) is 17.3. The third-order valence-electron chi connectivity index (χ3n) is 5.44. The van der Waals surface area contributed by atoms with E-state index in [1.165, 1.54) is 16.1 Å². The van der Waals surface area contributed by atoms with Gasteiger partial charge in [0.15, 0.2) is 5.76 Å². The van der Waals surface area contributed by atoms with Crippen LogP contribution >= 0.6 is 11.8 Å². The number of carbonyl (C=O) groups is 2. The largest absolute Gasteiger partial charge is 0.360 e. The third kappa shape index (κ3) is 4.35. The first-order chi connectivity index (χ1) is 14.8. The highest BCUT2D eigenvalue weighted by Crippen LogP contribution is 2.36. The van der Waals surface area contributed by atoms with E-state index >= 15 is 0 Å². The van der Waals surface area contributed by atoms with E-state index in [0.717, 1.165) is 10.6 Å². The fourth-order valence-electron chi connectivity index (χ4n) is 3.87. The molecule has 2 aliphatic heterocycles. The predicted octanol–water partition coefficient (Wildman–Crippen LogP) is 2.02. The van der Waals surface area contributed by atoms with Crippen molar-refractivity contribution in [1.82, 2.24) is 14.4 Å². The van der Waals surface area contributed by atoms with Crippen molar-refractivity contribution < 1.29 is 22.5 Å². The van der Waals surface area contributed by atoms with Crippen LogP contribution in [-0.2, 0) is 19.6 Å². The number of anilines is 1. The highest BCUT2D eigenvalue weighted by atomic mass is 32.2. The van der Waals surface area contributed by atoms with E-state index in [4.69, 9.17) is 4.52 Å². The van der Waals surface area contributed by atoms with Gasteiger partial charge in [-0.2, -0.15) is 4.31 Å². The maximum Gasteiger partial charge on any atom is 0.248 e. The van der Waals surface area contributed by atoms with Crippen LogP contribution in [0.5, 0.6) is 0 Å². The summed E-state index contributed by atoms with van der Waals surface area (Å²) in [5.41, 5.74) is 1.09. The van der Waals surface area contributed by atoms with E-state index in [-0.39, 0.29) is 42.0 Å². The van der Waals surface area contributed by atoms with Crippen molar-refractivity contribution in [3.63, 3.8) is 0 Å². The summed E-state index contributed by atoms with van der Waals surface area (Å²) < 4.78 is 32.5. The van der Waals surface area contributed by atoms with Crippen LogP contribution in [0.4, 0.5) is 5.69 Å². The van der Waals surface area contributed by atoms with Gasteiger partial charge in [-0.15, -0.1) is 11.8 Å². The zero-order valence-corrected chi connectivity index (χ0v) is 19.0. The van der Waals surface area contributed by atoms with Crippen LogP contribution in [0.2, 0.25) is 0 Å². The molecule has 1 fully saturated rings. The first-order valence-corrected chi connectivity index (χ1v) is 12.4. The number of amides is 2. The Hall–Kier alpha value is -2.37. The molecule has 11 heteroatoms. The number of nitrogens with one attached hydrogen (secondary N) is 1. The molecule has 1 aromatic carbocycles. The van der Waals surface area contributed by atoms with Gasteiger partial charge in [0.1, 0.15) is 10.6 Å². The Balaban J connectivity index is 1.41. The minimum Gasteiger partial charge on any atom is -0.360 e. The normalized spacial score (nSPS) is 20.1. The molecule has 3 heterocycles. The van der Waals surface area contributed by atoms with Gasteiger partial charge in [-0.05, 0) is 32.4 Å². The van der Waals surface area contributed by atoms with Crippen molar-refractivity contribution in [3.8, 4) is 0 Å². The maximum atomic E-state index is 13.1. The molecule has 1 saturated heterocycles. The summed E-state index contributed by atoms with van der Waals surface area (Å²) in [6.45, 7) is 4.39. The molecule has 31 heavy (non-hydrogen) atoms. The fraction of sp³-hybridized carbons (Fsp3) is 0.450. The third-order valence-corrected chi connectivity index (χ3v) is 8.86. The number of rotatable bonds is 4. The molecule has 0 spiro atoms. The van der Waals surface area contributed by atoms with Gasteiger partial charge < -0.3 is 14.7 Å². The molecule has 2 aliphatic rings. The van der Waals surface area contributed by atoms with E-state index in [2.05, 4.69) is 10.5 Å². The molecule has 1 aromatic heterocycles. The summed E-state index contributed by atoms with van der Waals surface area (Å²) in [5.74, 6) is -0.0756. The number of para-hydroxylation sites is 1. The van der Waals surface area contributed by atoms with E-state index in [1.807, 2.05) is 24.3 Å². The van der Waals surface area contributed by atoms with Gasteiger partial charge in [0.05, 0.1) is 10.9 Å². The summed E-state index contributed by atoms with van der Waals surface area (Å²) in [5, 5.41) is 6.09. The number of benzene rings is 1. The Morgan fingerprint density at radius 3 is 2.74 bits per heavy atom. The predicted molar refractivity (Wildman–Crippen MR) is 115 cm³/mol. The highest BCUT2D eigenvalue weighted by molar-refractivity contribution is 8.01. The summed E-state index contributed by atoms with van der Waals surface area (Å²) in [6, 6.07) is 7.50. The van der Waals surface area contributed by atoms with Crippen molar-refractivity contribution in [2.24, 2.45) is 0 Å². The standard InChI is InChI=1S/C20H24N4O5S2/c1-13-19(14(2)29-22-13)31(27,28)24-9-5-8-23(10-11-24)18(25)12-17-20(26)21-15-6-3-4-7-16(15)30-17/h3-4,6-7,17H,5,8-12H2,1-2H3,(H,21,26)/t17-/m0/s1. The van der Waals surface area contributed by atoms with Crippen molar-refractivity contribution in [2.75, 3.05) is 31.5 Å². The zero-order chi connectivity index (χ0) is 22.2. The smallest absolute Gasteiger partial charge is 0.248 e. The van der Waals surface area contributed by atoms with Crippen molar-refractivity contribution in [3.05, 3.63) is 35.7 Å². The SMILES string of the molecule is Cc1noc(C)c1S(=O)(=O)N1CCCN(C(=O)C[C@@H]2Sc3ccccc3NC2=O)CC1. The molecule has 166 valence electrons. The second-order valence-electron chi connectivity index (χ2n) is 7.59. The fourth-order valence-corrected chi connectivity index (χ4v) is 6.73. The van der Waals surface area contributed by atoms with Gasteiger partial charge in [-0.3, -0.25) is 9.59 Å². The number of carbonyl (C=O) groups excluding carboxylic acids is 2. The average Bonchev–Trinajstić information content (AvgIpc) is 2.93. The highest BCUT2D eigenvalue weighted by Gasteiger charge is 2.34. The van der Waals surface area contributed by atoms with Crippen LogP contribution in [0, 0.1) is 13.8 Å². The van der Waals surface area contributed by atoms with E-state index < -0.39 is 15.3 Å². The number of aromatic nitrogens is 1. The van der Waals surface area contributed by atoms with Crippen LogP contribution in [0.15, 0.2) is 38.6 Å². The molecule has 4 rings (SSSR count). The molecule has 2 amide bonds. The summed E-state index contributed by atoms with van der Waals surface area (Å²) in [7, 11) is -3.75. The number of hydrogen-bond donors (Lipinski definition) is 1. The lowest BCUT2D eigenvalue weighted by Gasteiger charge is -2.26. The van der Waals surface area contributed by atoms with E-state index in [9.17, 15) is 18.0 Å². The molecule has 2 aromatic rings. The van der Waals surface area contributed by atoms with Gasteiger partial charge in [-0.25, -0.2) is 8.42 Å². The lowest BCUT2D eigenvalue weighted by molar-refractivity contribution is -0.132. The molecule has 0 unspecified atom stereocenters. The van der Waals surface area contributed by atoms with Crippen LogP contribution in [0.1, 0.15) is 24.3 Å². The topological polar surface area (TPSA) is 113 Å². The lowest BCUT2D eigenvalue weighted by atomic mass is 10.2. The van der Waals surface area contributed by atoms with Crippen molar-refractivity contribution >= 4 is 39.3 Å². The quantitative estimate of drug-likeness (QED) is 0.736. The monoisotopic (exact) mass is 464 g/mol. The van der Waals surface area contributed by atoms with Crippen LogP contribution in [0.25, 0.3) is 0 Å². The Bertz CT molecular complexity index is 1100. The minimum atomic E-state index is -3.75. The Morgan fingerprint density at radius 1 is 1.23 bits per heavy atom. The molecular weight excluding hydrogens is 440 g/mol. The first kappa shape index (κ1) is 21.8. The van der Waals surface area contributed by atoms with Crippen LogP contribution in [-0.4, -0.2) is 66.0 Å². The van der Waals surface area contributed by atoms with Gasteiger partial charge in [0, 0.05) is 37.5 Å². The Kier molecular flexibility index (Phi) is 6.09. The van der Waals surface area contributed by atoms with Crippen LogP contribution in [0.3, 0.4) is 0 Å². The molecular formula is C20H24N4O5S2. The van der Waals surface area contributed by atoms with Gasteiger partial charge >= 0.3 is 0 Å². The molecule has 0 radical (unpaired) electrons. The van der Waals surface area contributed by atoms with Gasteiger partial charge in [0.25, 0.3) is 0 Å². The first-order valence-electron chi connectivity index (χ1n) is 10.0. The molecule has 0 bridgehead atoms. The Labute approximate surface area is 185 Å². The molecule has 0 aliphatic carbocycles. The molecule has 0 saturated carbocycles. The molecule has 1 atom stereocenters. The molecule has 1 N–H and O–H groups in total. The number of aryl methyl sites for hydroxylation is 2. The number of thioether (sulfide) groups is 1. The second-order valence-corrected chi connectivity index (χ2v) is 10.7. The summed E-state index contributed by atoms with van der Waals surface area (Å²) >= 11 is 1.39. The van der Waals surface area contributed by atoms with Crippen molar-refractivity contribution in [2.45, 2.75) is 41.7 Å². The maximum absolute atomic E-state index is 13.1.